The Morgan fingerprint density at radius 2 is 1.31 bits per heavy atom. The minimum atomic E-state index is 0.442. The van der Waals surface area contributed by atoms with Gasteiger partial charge >= 0.3 is 0 Å². The van der Waals surface area contributed by atoms with Crippen molar-refractivity contribution in [2.45, 2.75) is 12.8 Å². The van der Waals surface area contributed by atoms with Crippen molar-refractivity contribution in [1.82, 2.24) is 0 Å². The Morgan fingerprint density at radius 3 is 1.81 bits per heavy atom. The topological polar surface area (TPSA) is 0 Å². The molecule has 0 unspecified atom stereocenters. The maximum Gasteiger partial charge on any atom is 0.0281 e. The van der Waals surface area contributed by atoms with Gasteiger partial charge in [0.2, 0.25) is 0 Å². The zero-order valence-electron chi connectivity index (χ0n) is 9.35. The molecular formula is C16H14. The number of fused-ring (bicyclic) bond motifs is 3. The lowest BCUT2D eigenvalue weighted by Crippen LogP contribution is -1.90. The van der Waals surface area contributed by atoms with Crippen LogP contribution in [0.3, 0.4) is 0 Å². The number of allylic oxidation sites excluding steroid dienone is 2. The predicted molar refractivity (Wildman–Crippen MR) is 68.5 cm³/mol. The lowest BCUT2D eigenvalue weighted by atomic mass is 9.97. The van der Waals surface area contributed by atoms with Gasteiger partial charge in [0, 0.05) is 5.92 Å². The third-order valence-corrected chi connectivity index (χ3v) is 3.27. The van der Waals surface area contributed by atoms with E-state index in [1.165, 1.54) is 22.3 Å². The van der Waals surface area contributed by atoms with Crippen molar-refractivity contribution in [3.8, 4) is 11.1 Å². The molecule has 0 saturated carbocycles. The fourth-order valence-corrected chi connectivity index (χ4v) is 2.59. The van der Waals surface area contributed by atoms with Crippen LogP contribution in [0, 0.1) is 0 Å². The molecule has 3 rings (SSSR count). The van der Waals surface area contributed by atoms with Crippen LogP contribution in [0.1, 0.15) is 24.0 Å². The molecule has 0 radical (unpaired) electrons. The summed E-state index contributed by atoms with van der Waals surface area (Å²) in [6, 6.07) is 17.4. The molecular weight excluding hydrogens is 192 g/mol. The van der Waals surface area contributed by atoms with Gasteiger partial charge in [-0.1, -0.05) is 60.7 Å². The molecule has 1 aliphatic rings. The Morgan fingerprint density at radius 1 is 0.812 bits per heavy atom. The zero-order chi connectivity index (χ0) is 11.0. The maximum absolute atomic E-state index is 2.28. The first-order valence-corrected chi connectivity index (χ1v) is 5.73. The summed E-state index contributed by atoms with van der Waals surface area (Å²) in [7, 11) is 0. The smallest absolute Gasteiger partial charge is 0.0281 e. The standard InChI is InChI=1S/C16H14/c1-2-7-12-13-8-3-5-10-15(13)16-11-6-4-9-14(12)16/h2-12H,1H3/b7-2-. The summed E-state index contributed by atoms with van der Waals surface area (Å²) in [5.74, 6) is 0.442. The second kappa shape index (κ2) is 3.64. The molecule has 1 aliphatic carbocycles. The number of hydrogen-bond acceptors (Lipinski definition) is 0. The van der Waals surface area contributed by atoms with Gasteiger partial charge in [-0.15, -0.1) is 0 Å². The number of benzene rings is 2. The lowest BCUT2D eigenvalue weighted by Gasteiger charge is -2.07. The van der Waals surface area contributed by atoms with Gasteiger partial charge in [0.1, 0.15) is 0 Å². The van der Waals surface area contributed by atoms with Gasteiger partial charge in [0.15, 0.2) is 0 Å². The molecule has 0 heteroatoms. The molecule has 0 N–H and O–H groups in total. The third-order valence-electron chi connectivity index (χ3n) is 3.27. The van der Waals surface area contributed by atoms with Crippen molar-refractivity contribution < 1.29 is 0 Å². The van der Waals surface area contributed by atoms with Crippen molar-refractivity contribution in [2.24, 2.45) is 0 Å². The normalized spacial score (nSPS) is 14.1. The highest BCUT2D eigenvalue weighted by Crippen LogP contribution is 2.44. The van der Waals surface area contributed by atoms with Crippen LogP contribution in [-0.2, 0) is 0 Å². The maximum atomic E-state index is 2.28. The van der Waals surface area contributed by atoms with E-state index in [9.17, 15) is 0 Å². The van der Waals surface area contributed by atoms with Gasteiger partial charge in [0.25, 0.3) is 0 Å². The second-order valence-electron chi connectivity index (χ2n) is 4.18. The van der Waals surface area contributed by atoms with Gasteiger partial charge in [-0.2, -0.15) is 0 Å². The fourth-order valence-electron chi connectivity index (χ4n) is 2.59. The largest absolute Gasteiger partial charge is 0.0907 e. The van der Waals surface area contributed by atoms with Gasteiger partial charge in [-0.05, 0) is 29.2 Å². The van der Waals surface area contributed by atoms with E-state index in [0.29, 0.717) is 5.92 Å². The first kappa shape index (κ1) is 9.41. The van der Waals surface area contributed by atoms with Crippen LogP contribution in [0.15, 0.2) is 60.7 Å². The van der Waals surface area contributed by atoms with Gasteiger partial charge in [-0.25, -0.2) is 0 Å². The van der Waals surface area contributed by atoms with Crippen LogP contribution < -0.4 is 0 Å². The van der Waals surface area contributed by atoms with Crippen LogP contribution in [0.4, 0.5) is 0 Å². The summed E-state index contributed by atoms with van der Waals surface area (Å²) >= 11 is 0. The van der Waals surface area contributed by atoms with Gasteiger partial charge in [-0.3, -0.25) is 0 Å². The molecule has 16 heavy (non-hydrogen) atoms. The predicted octanol–water partition coefficient (Wildman–Crippen LogP) is 4.38. The highest BCUT2D eigenvalue weighted by Gasteiger charge is 2.25. The second-order valence-corrected chi connectivity index (χ2v) is 4.18. The Labute approximate surface area is 96.3 Å². The Balaban J connectivity index is 2.29. The molecule has 0 fully saturated rings. The van der Waals surface area contributed by atoms with Gasteiger partial charge < -0.3 is 0 Å². The molecule has 0 atom stereocenters. The lowest BCUT2D eigenvalue weighted by molar-refractivity contribution is 1.07. The molecule has 2 aromatic carbocycles. The minimum absolute atomic E-state index is 0.442. The quantitative estimate of drug-likeness (QED) is 0.607. The van der Waals surface area contributed by atoms with Crippen LogP contribution in [0.5, 0.6) is 0 Å². The van der Waals surface area contributed by atoms with E-state index >= 15 is 0 Å². The summed E-state index contributed by atoms with van der Waals surface area (Å²) in [6.07, 6.45) is 4.42. The molecule has 0 saturated heterocycles. The first-order chi connectivity index (χ1) is 7.92. The van der Waals surface area contributed by atoms with Crippen molar-refractivity contribution >= 4 is 0 Å². The van der Waals surface area contributed by atoms with Crippen molar-refractivity contribution in [1.29, 1.82) is 0 Å². The van der Waals surface area contributed by atoms with Gasteiger partial charge in [0.05, 0.1) is 0 Å². The van der Waals surface area contributed by atoms with Crippen LogP contribution in [0.25, 0.3) is 11.1 Å². The molecule has 0 bridgehead atoms. The van der Waals surface area contributed by atoms with E-state index in [2.05, 4.69) is 67.6 Å². The van der Waals surface area contributed by atoms with Crippen LogP contribution >= 0.6 is 0 Å². The summed E-state index contributed by atoms with van der Waals surface area (Å²) < 4.78 is 0. The Hall–Kier alpha value is -1.82. The SMILES string of the molecule is C/C=C\C1c2ccccc2-c2ccccc21. The van der Waals surface area contributed by atoms with Crippen molar-refractivity contribution in [3.05, 3.63) is 71.8 Å². The van der Waals surface area contributed by atoms with E-state index in [4.69, 9.17) is 0 Å². The van der Waals surface area contributed by atoms with E-state index in [1.54, 1.807) is 0 Å². The van der Waals surface area contributed by atoms with Crippen molar-refractivity contribution in [2.75, 3.05) is 0 Å². The number of hydrogen-bond donors (Lipinski definition) is 0. The first-order valence-electron chi connectivity index (χ1n) is 5.73. The van der Waals surface area contributed by atoms with E-state index < -0.39 is 0 Å². The van der Waals surface area contributed by atoms with Crippen LogP contribution in [-0.4, -0.2) is 0 Å². The molecule has 0 spiro atoms. The average Bonchev–Trinajstić information content (AvgIpc) is 2.66. The average molecular weight is 206 g/mol. The fraction of sp³-hybridized carbons (Fsp3) is 0.125. The summed E-state index contributed by atoms with van der Waals surface area (Å²) in [5, 5.41) is 0. The third kappa shape index (κ3) is 1.23. The molecule has 0 nitrogen and oxygen atoms in total. The van der Waals surface area contributed by atoms with Crippen LogP contribution in [0.2, 0.25) is 0 Å². The molecule has 0 aliphatic heterocycles. The van der Waals surface area contributed by atoms with E-state index in [-0.39, 0.29) is 0 Å². The highest BCUT2D eigenvalue weighted by atomic mass is 14.3. The van der Waals surface area contributed by atoms with E-state index in [1.807, 2.05) is 0 Å². The minimum Gasteiger partial charge on any atom is -0.0907 e. The van der Waals surface area contributed by atoms with E-state index in [0.717, 1.165) is 0 Å². The number of rotatable bonds is 1. The zero-order valence-corrected chi connectivity index (χ0v) is 9.35. The summed E-state index contributed by atoms with van der Waals surface area (Å²) in [5.41, 5.74) is 5.64. The Kier molecular flexibility index (Phi) is 2.14. The summed E-state index contributed by atoms with van der Waals surface area (Å²) in [4.78, 5) is 0. The summed E-state index contributed by atoms with van der Waals surface area (Å²) in [6.45, 7) is 2.09. The van der Waals surface area contributed by atoms with Crippen molar-refractivity contribution in [3.63, 3.8) is 0 Å². The monoisotopic (exact) mass is 206 g/mol. The molecule has 0 amide bonds. The molecule has 2 aromatic rings. The Bertz CT molecular complexity index is 504. The molecule has 78 valence electrons. The molecule has 0 aromatic heterocycles. The highest BCUT2D eigenvalue weighted by molar-refractivity contribution is 5.79. The molecule has 0 heterocycles.